The van der Waals surface area contributed by atoms with Gasteiger partial charge in [0.2, 0.25) is 0 Å². The first-order valence-corrected chi connectivity index (χ1v) is 5.79. The second-order valence-corrected chi connectivity index (χ2v) is 3.96. The van der Waals surface area contributed by atoms with E-state index < -0.39 is 0 Å². The van der Waals surface area contributed by atoms with Crippen molar-refractivity contribution in [3.63, 3.8) is 0 Å². The monoisotopic (exact) mass is 206 g/mol. The van der Waals surface area contributed by atoms with E-state index in [2.05, 4.69) is 43.0 Å². The van der Waals surface area contributed by atoms with Crippen molar-refractivity contribution in [3.05, 3.63) is 29.8 Å². The third-order valence-electron chi connectivity index (χ3n) is 2.66. The Morgan fingerprint density at radius 1 is 1.20 bits per heavy atom. The van der Waals surface area contributed by atoms with Gasteiger partial charge in [-0.25, -0.2) is 0 Å². The van der Waals surface area contributed by atoms with Gasteiger partial charge in [-0.1, -0.05) is 19.1 Å². The van der Waals surface area contributed by atoms with Crippen LogP contribution in [-0.4, -0.2) is 13.1 Å². The van der Waals surface area contributed by atoms with Gasteiger partial charge in [0.25, 0.3) is 0 Å². The van der Waals surface area contributed by atoms with Crippen LogP contribution in [0.3, 0.4) is 0 Å². The Balaban J connectivity index is 2.77. The minimum Gasteiger partial charge on any atom is -0.372 e. The normalized spacial score (nSPS) is 12.5. The summed E-state index contributed by atoms with van der Waals surface area (Å²) in [5.41, 5.74) is 8.31. The van der Waals surface area contributed by atoms with E-state index in [1.165, 1.54) is 17.7 Å². The van der Waals surface area contributed by atoms with Crippen LogP contribution in [0.4, 0.5) is 5.69 Å². The van der Waals surface area contributed by atoms with E-state index >= 15 is 0 Å². The maximum Gasteiger partial charge on any atom is 0.0366 e. The second kappa shape index (κ2) is 5.76. The average molecular weight is 206 g/mol. The van der Waals surface area contributed by atoms with Crippen LogP contribution in [0.2, 0.25) is 0 Å². The molecule has 0 spiro atoms. The molecule has 15 heavy (non-hydrogen) atoms. The third kappa shape index (κ3) is 3.24. The van der Waals surface area contributed by atoms with Gasteiger partial charge < -0.3 is 10.6 Å². The van der Waals surface area contributed by atoms with Crippen molar-refractivity contribution >= 4 is 5.69 Å². The first-order valence-electron chi connectivity index (χ1n) is 5.79. The molecule has 0 aliphatic carbocycles. The van der Waals surface area contributed by atoms with E-state index in [0.29, 0.717) is 0 Å². The Kier molecular flexibility index (Phi) is 4.63. The Labute approximate surface area is 93.1 Å². The number of nitrogens with zero attached hydrogens (tertiary/aromatic N) is 1. The van der Waals surface area contributed by atoms with E-state index in [0.717, 1.165) is 13.1 Å². The lowest BCUT2D eigenvalue weighted by Crippen LogP contribution is -2.23. The van der Waals surface area contributed by atoms with E-state index in [9.17, 15) is 0 Å². The molecule has 1 rings (SSSR count). The van der Waals surface area contributed by atoms with Crippen molar-refractivity contribution in [2.24, 2.45) is 5.73 Å². The summed E-state index contributed by atoms with van der Waals surface area (Å²) in [5, 5.41) is 0. The van der Waals surface area contributed by atoms with Gasteiger partial charge >= 0.3 is 0 Å². The highest BCUT2D eigenvalue weighted by atomic mass is 15.1. The number of rotatable bonds is 5. The highest BCUT2D eigenvalue weighted by molar-refractivity contribution is 5.47. The topological polar surface area (TPSA) is 29.3 Å². The van der Waals surface area contributed by atoms with Gasteiger partial charge in [-0.2, -0.15) is 0 Å². The van der Waals surface area contributed by atoms with Crippen molar-refractivity contribution < 1.29 is 0 Å². The zero-order chi connectivity index (χ0) is 11.3. The molecule has 0 aliphatic heterocycles. The molecule has 0 fully saturated rings. The molecule has 2 heteroatoms. The van der Waals surface area contributed by atoms with Gasteiger partial charge in [0.05, 0.1) is 0 Å². The van der Waals surface area contributed by atoms with Gasteiger partial charge in [0.1, 0.15) is 0 Å². The molecule has 0 aromatic heterocycles. The molecule has 0 radical (unpaired) electrons. The van der Waals surface area contributed by atoms with E-state index in [4.69, 9.17) is 5.73 Å². The molecule has 0 unspecified atom stereocenters. The minimum atomic E-state index is 0.125. The molecular formula is C13H22N2. The first-order chi connectivity index (χ1) is 7.19. The van der Waals surface area contributed by atoms with E-state index in [-0.39, 0.29) is 6.04 Å². The summed E-state index contributed by atoms with van der Waals surface area (Å²) in [5.74, 6) is 0. The van der Waals surface area contributed by atoms with Crippen LogP contribution >= 0.6 is 0 Å². The van der Waals surface area contributed by atoms with Crippen LogP contribution in [0.5, 0.6) is 0 Å². The summed E-state index contributed by atoms with van der Waals surface area (Å²) in [6.07, 6.45) is 1.18. The van der Waals surface area contributed by atoms with Crippen molar-refractivity contribution in [1.82, 2.24) is 0 Å². The highest BCUT2D eigenvalue weighted by Crippen LogP contribution is 2.18. The molecule has 0 aliphatic rings. The standard InChI is InChI=1S/C13H22N2/c1-4-10-15(5-2)13-8-6-12(7-9-13)11(3)14/h6-9,11H,4-5,10,14H2,1-3H3/t11-/m1/s1. The van der Waals surface area contributed by atoms with Crippen LogP contribution in [0.25, 0.3) is 0 Å². The zero-order valence-corrected chi connectivity index (χ0v) is 10.0. The Morgan fingerprint density at radius 3 is 2.20 bits per heavy atom. The van der Waals surface area contributed by atoms with Crippen LogP contribution in [0.1, 0.15) is 38.8 Å². The van der Waals surface area contributed by atoms with E-state index in [1.54, 1.807) is 0 Å². The molecule has 84 valence electrons. The largest absolute Gasteiger partial charge is 0.372 e. The SMILES string of the molecule is CCCN(CC)c1ccc([C@@H](C)N)cc1. The lowest BCUT2D eigenvalue weighted by atomic mass is 10.1. The Morgan fingerprint density at radius 2 is 1.80 bits per heavy atom. The quantitative estimate of drug-likeness (QED) is 0.802. The van der Waals surface area contributed by atoms with Crippen LogP contribution in [0, 0.1) is 0 Å². The predicted molar refractivity (Wildman–Crippen MR) is 67.2 cm³/mol. The molecule has 0 saturated carbocycles. The second-order valence-electron chi connectivity index (χ2n) is 3.96. The molecule has 2 N–H and O–H groups in total. The molecule has 0 heterocycles. The number of benzene rings is 1. The molecule has 0 saturated heterocycles. The lowest BCUT2D eigenvalue weighted by molar-refractivity contribution is 0.788. The fraction of sp³-hybridized carbons (Fsp3) is 0.538. The maximum atomic E-state index is 5.82. The number of hydrogen-bond donors (Lipinski definition) is 1. The van der Waals surface area contributed by atoms with E-state index in [1.807, 2.05) is 6.92 Å². The number of anilines is 1. The summed E-state index contributed by atoms with van der Waals surface area (Å²) < 4.78 is 0. The maximum absolute atomic E-state index is 5.82. The minimum absolute atomic E-state index is 0.125. The Bertz CT molecular complexity index is 277. The van der Waals surface area contributed by atoms with Crippen molar-refractivity contribution in [2.45, 2.75) is 33.2 Å². The van der Waals surface area contributed by atoms with Crippen LogP contribution in [0.15, 0.2) is 24.3 Å². The van der Waals surface area contributed by atoms with Crippen molar-refractivity contribution in [1.29, 1.82) is 0 Å². The zero-order valence-electron chi connectivity index (χ0n) is 10.0. The molecule has 2 nitrogen and oxygen atoms in total. The summed E-state index contributed by atoms with van der Waals surface area (Å²) in [7, 11) is 0. The molecular weight excluding hydrogens is 184 g/mol. The molecule has 1 atom stereocenters. The highest BCUT2D eigenvalue weighted by Gasteiger charge is 2.03. The third-order valence-corrected chi connectivity index (χ3v) is 2.66. The summed E-state index contributed by atoms with van der Waals surface area (Å²) >= 11 is 0. The fourth-order valence-electron chi connectivity index (χ4n) is 1.73. The Hall–Kier alpha value is -1.02. The van der Waals surface area contributed by atoms with Crippen molar-refractivity contribution in [3.8, 4) is 0 Å². The van der Waals surface area contributed by atoms with Gasteiger partial charge in [-0.05, 0) is 38.0 Å². The van der Waals surface area contributed by atoms with Crippen LogP contribution < -0.4 is 10.6 Å². The molecule has 1 aromatic carbocycles. The number of hydrogen-bond acceptors (Lipinski definition) is 2. The predicted octanol–water partition coefficient (Wildman–Crippen LogP) is 2.94. The summed E-state index contributed by atoms with van der Waals surface area (Å²) in [6, 6.07) is 8.70. The lowest BCUT2D eigenvalue weighted by Gasteiger charge is -2.22. The average Bonchev–Trinajstić information content (AvgIpc) is 2.26. The van der Waals surface area contributed by atoms with Crippen LogP contribution in [-0.2, 0) is 0 Å². The molecule has 0 amide bonds. The smallest absolute Gasteiger partial charge is 0.0366 e. The van der Waals surface area contributed by atoms with Gasteiger partial charge in [0, 0.05) is 24.8 Å². The summed E-state index contributed by atoms with van der Waals surface area (Å²) in [6.45, 7) is 8.59. The summed E-state index contributed by atoms with van der Waals surface area (Å²) in [4.78, 5) is 2.38. The van der Waals surface area contributed by atoms with Gasteiger partial charge in [-0.3, -0.25) is 0 Å². The van der Waals surface area contributed by atoms with Gasteiger partial charge in [0.15, 0.2) is 0 Å². The fourth-order valence-corrected chi connectivity index (χ4v) is 1.73. The molecule has 1 aromatic rings. The van der Waals surface area contributed by atoms with Crippen molar-refractivity contribution in [2.75, 3.05) is 18.0 Å². The first kappa shape index (κ1) is 12.1. The number of nitrogens with two attached hydrogens (primary N) is 1. The molecule has 0 bridgehead atoms. The van der Waals surface area contributed by atoms with Gasteiger partial charge in [-0.15, -0.1) is 0 Å².